The monoisotopic (exact) mass is 251 g/mol. The predicted molar refractivity (Wildman–Crippen MR) is 67.2 cm³/mol. The van der Waals surface area contributed by atoms with Crippen molar-refractivity contribution in [1.29, 1.82) is 0 Å². The summed E-state index contributed by atoms with van der Waals surface area (Å²) in [6.45, 7) is 3.55. The summed E-state index contributed by atoms with van der Waals surface area (Å²) in [5.41, 5.74) is 1.90. The lowest BCUT2D eigenvalue weighted by molar-refractivity contribution is 0.0752. The summed E-state index contributed by atoms with van der Waals surface area (Å²) in [5.74, 6) is 0.983. The van der Waals surface area contributed by atoms with Gasteiger partial charge in [0, 0.05) is 24.4 Å². The van der Waals surface area contributed by atoms with E-state index in [0.717, 1.165) is 37.1 Å². The number of hydrogen-bond donors (Lipinski definition) is 1. The van der Waals surface area contributed by atoms with Gasteiger partial charge in [-0.25, -0.2) is 0 Å². The Morgan fingerprint density at radius 2 is 2.24 bits per heavy atom. The topological polar surface area (TPSA) is 40.5 Å². The first-order chi connectivity index (χ1) is 8.16. The number of aliphatic hydroxyl groups is 1. The van der Waals surface area contributed by atoms with Crippen molar-refractivity contribution in [1.82, 2.24) is 4.90 Å². The highest BCUT2D eigenvalue weighted by atomic mass is 32.1. The van der Waals surface area contributed by atoms with Crippen LogP contribution in [0.5, 0.6) is 0 Å². The number of aliphatic hydroxyl groups excluding tert-OH is 1. The number of amides is 1. The smallest absolute Gasteiger partial charge is 0.254 e. The highest BCUT2D eigenvalue weighted by molar-refractivity contribution is 7.08. The fraction of sp³-hybridized carbons (Fsp3) is 0.615. The van der Waals surface area contributed by atoms with Crippen LogP contribution in [0.15, 0.2) is 10.8 Å². The van der Waals surface area contributed by atoms with E-state index in [0.29, 0.717) is 11.8 Å². The molecule has 2 aliphatic rings. The van der Waals surface area contributed by atoms with Crippen LogP contribution < -0.4 is 0 Å². The summed E-state index contributed by atoms with van der Waals surface area (Å²) in [7, 11) is 0. The maximum atomic E-state index is 12.3. The van der Waals surface area contributed by atoms with Gasteiger partial charge in [-0.2, -0.15) is 11.3 Å². The van der Waals surface area contributed by atoms with Gasteiger partial charge < -0.3 is 10.0 Å². The van der Waals surface area contributed by atoms with Crippen LogP contribution in [-0.2, 0) is 0 Å². The Balaban J connectivity index is 1.75. The number of aryl methyl sites for hydroxylation is 1. The van der Waals surface area contributed by atoms with Crippen LogP contribution in [0, 0.1) is 18.8 Å². The SMILES string of the molecule is Cc1cscc1C(=O)N1CC2CCC(O)C2C1. The lowest BCUT2D eigenvalue weighted by Crippen LogP contribution is -2.31. The molecule has 4 heteroatoms. The zero-order chi connectivity index (χ0) is 12.0. The second-order valence-electron chi connectivity index (χ2n) is 5.25. The number of nitrogens with zero attached hydrogens (tertiary/aromatic N) is 1. The van der Waals surface area contributed by atoms with Crippen LogP contribution in [0.2, 0.25) is 0 Å². The van der Waals surface area contributed by atoms with Crippen LogP contribution in [0.3, 0.4) is 0 Å². The molecule has 1 saturated heterocycles. The van der Waals surface area contributed by atoms with E-state index in [1.54, 1.807) is 11.3 Å². The number of thiophene rings is 1. The number of likely N-dealkylation sites (tertiary alicyclic amines) is 1. The van der Waals surface area contributed by atoms with Gasteiger partial charge in [0.25, 0.3) is 5.91 Å². The molecule has 3 atom stereocenters. The van der Waals surface area contributed by atoms with Crippen molar-refractivity contribution in [3.63, 3.8) is 0 Å². The first-order valence-corrected chi connectivity index (χ1v) is 7.11. The Bertz CT molecular complexity index is 442. The summed E-state index contributed by atoms with van der Waals surface area (Å²) in [6.07, 6.45) is 1.79. The molecule has 1 N–H and O–H groups in total. The average molecular weight is 251 g/mol. The molecule has 17 heavy (non-hydrogen) atoms. The lowest BCUT2D eigenvalue weighted by Gasteiger charge is -2.18. The molecule has 2 heterocycles. The molecule has 0 aromatic carbocycles. The number of hydrogen-bond acceptors (Lipinski definition) is 3. The maximum Gasteiger partial charge on any atom is 0.254 e. The fourth-order valence-corrected chi connectivity index (χ4v) is 3.97. The van der Waals surface area contributed by atoms with Crippen LogP contribution in [0.1, 0.15) is 28.8 Å². The molecule has 3 unspecified atom stereocenters. The highest BCUT2D eigenvalue weighted by Gasteiger charge is 2.43. The molecule has 1 aliphatic carbocycles. The minimum Gasteiger partial charge on any atom is -0.393 e. The molecule has 3 nitrogen and oxygen atoms in total. The normalized spacial score (nSPS) is 31.9. The Kier molecular flexibility index (Phi) is 2.71. The minimum atomic E-state index is -0.193. The molecular weight excluding hydrogens is 234 g/mol. The fourth-order valence-electron chi connectivity index (χ4n) is 3.15. The zero-order valence-electron chi connectivity index (χ0n) is 9.93. The minimum absolute atomic E-state index is 0.144. The Morgan fingerprint density at radius 3 is 2.88 bits per heavy atom. The third-order valence-electron chi connectivity index (χ3n) is 4.19. The van der Waals surface area contributed by atoms with Gasteiger partial charge in [-0.15, -0.1) is 0 Å². The molecule has 0 bridgehead atoms. The van der Waals surface area contributed by atoms with E-state index in [9.17, 15) is 9.90 Å². The van der Waals surface area contributed by atoms with E-state index in [1.165, 1.54) is 0 Å². The summed E-state index contributed by atoms with van der Waals surface area (Å²) >= 11 is 1.58. The van der Waals surface area contributed by atoms with Gasteiger partial charge in [0.05, 0.1) is 11.7 Å². The summed E-state index contributed by atoms with van der Waals surface area (Å²) in [5, 5.41) is 13.8. The van der Waals surface area contributed by atoms with E-state index in [-0.39, 0.29) is 12.0 Å². The molecule has 0 spiro atoms. The second-order valence-corrected chi connectivity index (χ2v) is 5.99. The van der Waals surface area contributed by atoms with Crippen molar-refractivity contribution in [3.8, 4) is 0 Å². The first-order valence-electron chi connectivity index (χ1n) is 6.17. The van der Waals surface area contributed by atoms with Crippen LogP contribution >= 0.6 is 11.3 Å². The van der Waals surface area contributed by atoms with Gasteiger partial charge in [0.15, 0.2) is 0 Å². The molecule has 3 rings (SSSR count). The van der Waals surface area contributed by atoms with Crippen molar-refractivity contribution in [2.45, 2.75) is 25.9 Å². The van der Waals surface area contributed by atoms with Gasteiger partial charge in [0.1, 0.15) is 0 Å². The van der Waals surface area contributed by atoms with Crippen molar-refractivity contribution < 1.29 is 9.90 Å². The molecular formula is C13H17NO2S. The van der Waals surface area contributed by atoms with Gasteiger partial charge in [-0.1, -0.05) is 0 Å². The molecule has 1 aromatic heterocycles. The van der Waals surface area contributed by atoms with E-state index in [4.69, 9.17) is 0 Å². The molecule has 1 saturated carbocycles. The molecule has 2 fully saturated rings. The average Bonchev–Trinajstić information content (AvgIpc) is 2.96. The van der Waals surface area contributed by atoms with Crippen LogP contribution in [0.25, 0.3) is 0 Å². The van der Waals surface area contributed by atoms with Crippen molar-refractivity contribution in [3.05, 3.63) is 21.9 Å². The van der Waals surface area contributed by atoms with Crippen molar-refractivity contribution >= 4 is 17.2 Å². The third-order valence-corrected chi connectivity index (χ3v) is 5.05. The van der Waals surface area contributed by atoms with E-state index in [2.05, 4.69) is 0 Å². The second kappa shape index (κ2) is 4.10. The maximum absolute atomic E-state index is 12.3. The highest BCUT2D eigenvalue weighted by Crippen LogP contribution is 2.38. The largest absolute Gasteiger partial charge is 0.393 e. The standard InChI is InChI=1S/C13H17NO2S/c1-8-6-17-7-11(8)13(16)14-4-9-2-3-12(15)10(9)5-14/h6-7,9-10,12,15H,2-5H2,1H3. The quantitative estimate of drug-likeness (QED) is 0.828. The Hall–Kier alpha value is -0.870. The number of carbonyl (C=O) groups excluding carboxylic acids is 1. The summed E-state index contributed by atoms with van der Waals surface area (Å²) in [4.78, 5) is 14.2. The predicted octanol–water partition coefficient (Wildman–Crippen LogP) is 1.90. The third kappa shape index (κ3) is 1.79. The number of fused-ring (bicyclic) bond motifs is 1. The van der Waals surface area contributed by atoms with Gasteiger partial charge in [0.2, 0.25) is 0 Å². The Labute approximate surface area is 105 Å². The molecule has 1 aromatic rings. The van der Waals surface area contributed by atoms with Crippen LogP contribution in [-0.4, -0.2) is 35.1 Å². The van der Waals surface area contributed by atoms with E-state index >= 15 is 0 Å². The van der Waals surface area contributed by atoms with Gasteiger partial charge >= 0.3 is 0 Å². The molecule has 0 radical (unpaired) electrons. The van der Waals surface area contributed by atoms with Gasteiger partial charge in [-0.3, -0.25) is 4.79 Å². The summed E-state index contributed by atoms with van der Waals surface area (Å²) < 4.78 is 0. The van der Waals surface area contributed by atoms with E-state index in [1.807, 2.05) is 22.6 Å². The molecule has 92 valence electrons. The van der Waals surface area contributed by atoms with Crippen molar-refractivity contribution in [2.75, 3.05) is 13.1 Å². The van der Waals surface area contributed by atoms with Crippen LogP contribution in [0.4, 0.5) is 0 Å². The van der Waals surface area contributed by atoms with E-state index < -0.39 is 0 Å². The summed E-state index contributed by atoms with van der Waals surface area (Å²) in [6, 6.07) is 0. The molecule has 1 amide bonds. The first kappa shape index (κ1) is 11.2. The van der Waals surface area contributed by atoms with Crippen molar-refractivity contribution in [2.24, 2.45) is 11.8 Å². The molecule has 1 aliphatic heterocycles. The number of carbonyl (C=O) groups is 1. The number of rotatable bonds is 1. The Morgan fingerprint density at radius 1 is 1.41 bits per heavy atom. The lowest BCUT2D eigenvalue weighted by atomic mass is 10.00. The van der Waals surface area contributed by atoms with Gasteiger partial charge in [-0.05, 0) is 36.6 Å². The zero-order valence-corrected chi connectivity index (χ0v) is 10.7.